The van der Waals surface area contributed by atoms with Gasteiger partial charge in [0.25, 0.3) is 0 Å². The van der Waals surface area contributed by atoms with Crippen LogP contribution in [-0.2, 0) is 21.2 Å². The van der Waals surface area contributed by atoms with Gasteiger partial charge < -0.3 is 9.64 Å². The van der Waals surface area contributed by atoms with Crippen molar-refractivity contribution in [3.63, 3.8) is 0 Å². The minimum Gasteiger partial charge on any atom is -0.474 e. The van der Waals surface area contributed by atoms with E-state index in [4.69, 9.17) is 4.74 Å². The number of hydrogen-bond acceptors (Lipinski definition) is 6. The number of rotatable bonds is 7. The molecule has 0 radical (unpaired) electrons. The molecule has 28 heavy (non-hydrogen) atoms. The van der Waals surface area contributed by atoms with Crippen LogP contribution in [0.4, 0.5) is 5.69 Å². The fourth-order valence-electron chi connectivity index (χ4n) is 3.05. The number of hydrogen-bond donors (Lipinski definition) is 0. The SMILES string of the molecule is CCS(=O)(=O)N(C)c1ccc(OC2CCN(C(=O)Cc3cccs3)CC2)nc1. The van der Waals surface area contributed by atoms with Crippen molar-refractivity contribution in [3.8, 4) is 5.88 Å². The van der Waals surface area contributed by atoms with E-state index in [1.165, 1.54) is 17.5 Å². The van der Waals surface area contributed by atoms with Gasteiger partial charge in [-0.05, 0) is 24.4 Å². The highest BCUT2D eigenvalue weighted by Crippen LogP contribution is 2.22. The van der Waals surface area contributed by atoms with Crippen LogP contribution in [0.1, 0.15) is 24.6 Å². The number of sulfonamides is 1. The fourth-order valence-corrected chi connectivity index (χ4v) is 4.56. The van der Waals surface area contributed by atoms with E-state index in [1.807, 2.05) is 22.4 Å². The molecule has 1 aliphatic heterocycles. The third kappa shape index (κ3) is 5.02. The summed E-state index contributed by atoms with van der Waals surface area (Å²) in [6.45, 7) is 2.95. The topological polar surface area (TPSA) is 79.8 Å². The summed E-state index contributed by atoms with van der Waals surface area (Å²) in [6, 6.07) is 7.32. The van der Waals surface area contributed by atoms with E-state index in [9.17, 15) is 13.2 Å². The lowest BCUT2D eigenvalue weighted by Gasteiger charge is -2.32. The lowest BCUT2D eigenvalue weighted by atomic mass is 10.1. The predicted octanol–water partition coefficient (Wildman–Crippen LogP) is 2.54. The van der Waals surface area contributed by atoms with Crippen LogP contribution in [0.15, 0.2) is 35.8 Å². The monoisotopic (exact) mass is 423 g/mol. The van der Waals surface area contributed by atoms with Crippen molar-refractivity contribution < 1.29 is 17.9 Å². The van der Waals surface area contributed by atoms with Crippen molar-refractivity contribution in [3.05, 3.63) is 40.7 Å². The summed E-state index contributed by atoms with van der Waals surface area (Å²) in [7, 11) is -1.80. The van der Waals surface area contributed by atoms with Crippen LogP contribution in [0.5, 0.6) is 5.88 Å². The molecule has 2 aromatic heterocycles. The van der Waals surface area contributed by atoms with Crippen LogP contribution in [0.3, 0.4) is 0 Å². The molecule has 1 saturated heterocycles. The molecule has 0 saturated carbocycles. The zero-order valence-corrected chi connectivity index (χ0v) is 17.7. The number of carbonyl (C=O) groups is 1. The van der Waals surface area contributed by atoms with Gasteiger partial charge in [0.15, 0.2) is 0 Å². The number of nitrogens with zero attached hydrogens (tertiary/aromatic N) is 3. The molecule has 1 fully saturated rings. The van der Waals surface area contributed by atoms with Crippen LogP contribution in [0, 0.1) is 0 Å². The highest BCUT2D eigenvalue weighted by molar-refractivity contribution is 7.92. The summed E-state index contributed by atoms with van der Waals surface area (Å²) in [5.41, 5.74) is 0.503. The van der Waals surface area contributed by atoms with E-state index in [2.05, 4.69) is 4.98 Å². The lowest BCUT2D eigenvalue weighted by molar-refractivity contribution is -0.132. The zero-order chi connectivity index (χ0) is 20.1. The van der Waals surface area contributed by atoms with Crippen molar-refractivity contribution in [1.82, 2.24) is 9.88 Å². The quantitative estimate of drug-likeness (QED) is 0.684. The van der Waals surface area contributed by atoms with Crippen molar-refractivity contribution >= 4 is 33.0 Å². The van der Waals surface area contributed by atoms with Crippen molar-refractivity contribution in [2.75, 3.05) is 30.2 Å². The Balaban J connectivity index is 1.50. The number of thiophene rings is 1. The van der Waals surface area contributed by atoms with Gasteiger partial charge in [-0.1, -0.05) is 6.07 Å². The molecule has 0 spiro atoms. The molecule has 0 aliphatic carbocycles. The van der Waals surface area contributed by atoms with Crippen molar-refractivity contribution in [2.24, 2.45) is 0 Å². The molecule has 0 atom stereocenters. The number of piperidine rings is 1. The highest BCUT2D eigenvalue weighted by Gasteiger charge is 2.24. The average molecular weight is 424 g/mol. The number of ether oxygens (including phenoxy) is 1. The number of likely N-dealkylation sites (tertiary alicyclic amines) is 1. The number of amides is 1. The van der Waals surface area contributed by atoms with Gasteiger partial charge in [0, 0.05) is 43.9 Å². The second-order valence-electron chi connectivity index (χ2n) is 6.68. The van der Waals surface area contributed by atoms with Gasteiger partial charge in [-0.25, -0.2) is 13.4 Å². The molecule has 0 unspecified atom stereocenters. The molecule has 7 nitrogen and oxygen atoms in total. The smallest absolute Gasteiger partial charge is 0.234 e. The first-order valence-electron chi connectivity index (χ1n) is 9.28. The number of aromatic nitrogens is 1. The lowest BCUT2D eigenvalue weighted by Crippen LogP contribution is -2.42. The molecular formula is C19H25N3O4S2. The molecule has 1 aliphatic rings. The predicted molar refractivity (Wildman–Crippen MR) is 110 cm³/mol. The Morgan fingerprint density at radius 1 is 1.32 bits per heavy atom. The van der Waals surface area contributed by atoms with Crippen LogP contribution < -0.4 is 9.04 Å². The summed E-state index contributed by atoms with van der Waals surface area (Å²) in [5, 5.41) is 1.98. The van der Waals surface area contributed by atoms with E-state index in [0.29, 0.717) is 31.1 Å². The second-order valence-corrected chi connectivity index (χ2v) is 10.00. The van der Waals surface area contributed by atoms with Crippen LogP contribution in [0.25, 0.3) is 0 Å². The molecule has 152 valence electrons. The van der Waals surface area contributed by atoms with Gasteiger partial charge >= 0.3 is 0 Å². The van der Waals surface area contributed by atoms with E-state index in [0.717, 1.165) is 17.7 Å². The van der Waals surface area contributed by atoms with E-state index >= 15 is 0 Å². The van der Waals surface area contributed by atoms with Gasteiger partial charge in [-0.3, -0.25) is 9.10 Å². The van der Waals surface area contributed by atoms with Gasteiger partial charge in [-0.2, -0.15) is 0 Å². The Hall–Kier alpha value is -2.13. The molecule has 9 heteroatoms. The minimum absolute atomic E-state index is 0.00115. The molecule has 1 amide bonds. The van der Waals surface area contributed by atoms with Crippen LogP contribution in [0.2, 0.25) is 0 Å². The van der Waals surface area contributed by atoms with Crippen molar-refractivity contribution in [2.45, 2.75) is 32.3 Å². The van der Waals surface area contributed by atoms with E-state index in [1.54, 1.807) is 30.4 Å². The van der Waals surface area contributed by atoms with E-state index in [-0.39, 0.29) is 17.8 Å². The summed E-state index contributed by atoms with van der Waals surface area (Å²) in [5.74, 6) is 0.656. The molecule has 0 N–H and O–H groups in total. The number of pyridine rings is 1. The zero-order valence-electron chi connectivity index (χ0n) is 16.1. The van der Waals surface area contributed by atoms with Gasteiger partial charge in [0.1, 0.15) is 6.10 Å². The Kier molecular flexibility index (Phi) is 6.56. The molecule has 3 rings (SSSR count). The third-order valence-corrected chi connectivity index (χ3v) is 7.51. The summed E-state index contributed by atoms with van der Waals surface area (Å²) < 4.78 is 31.0. The second kappa shape index (κ2) is 8.91. The Morgan fingerprint density at radius 3 is 2.64 bits per heavy atom. The van der Waals surface area contributed by atoms with Gasteiger partial charge in [0.2, 0.25) is 21.8 Å². The maximum Gasteiger partial charge on any atom is 0.234 e. The number of anilines is 1. The normalized spacial score (nSPS) is 15.4. The van der Waals surface area contributed by atoms with Crippen molar-refractivity contribution in [1.29, 1.82) is 0 Å². The fraction of sp³-hybridized carbons (Fsp3) is 0.474. The molecular weight excluding hydrogens is 398 g/mol. The molecule has 2 aromatic rings. The molecule has 0 aromatic carbocycles. The standard InChI is InChI=1S/C19H25N3O4S2/c1-3-28(24,25)21(2)15-6-7-18(20-14-15)26-16-8-10-22(11-9-16)19(23)13-17-5-4-12-27-17/h4-7,12,14,16H,3,8-11,13H2,1-2H3. The first-order valence-corrected chi connectivity index (χ1v) is 11.8. The summed E-state index contributed by atoms with van der Waals surface area (Å²) >= 11 is 1.60. The summed E-state index contributed by atoms with van der Waals surface area (Å²) in [6.07, 6.45) is 3.47. The first kappa shape index (κ1) is 20.6. The highest BCUT2D eigenvalue weighted by atomic mass is 32.2. The third-order valence-electron chi connectivity index (χ3n) is 4.85. The Bertz CT molecular complexity index is 874. The number of carbonyl (C=O) groups excluding carboxylic acids is 1. The average Bonchev–Trinajstić information content (AvgIpc) is 3.21. The first-order chi connectivity index (χ1) is 13.4. The Labute approximate surface area is 170 Å². The molecule has 0 bridgehead atoms. The maximum absolute atomic E-state index is 12.4. The molecule has 3 heterocycles. The van der Waals surface area contributed by atoms with Gasteiger partial charge in [0.05, 0.1) is 24.1 Å². The largest absolute Gasteiger partial charge is 0.474 e. The van der Waals surface area contributed by atoms with E-state index < -0.39 is 10.0 Å². The Morgan fingerprint density at radius 2 is 2.07 bits per heavy atom. The van der Waals surface area contributed by atoms with Crippen LogP contribution >= 0.6 is 11.3 Å². The minimum atomic E-state index is -3.31. The maximum atomic E-state index is 12.4. The van der Waals surface area contributed by atoms with Gasteiger partial charge in [-0.15, -0.1) is 11.3 Å². The van der Waals surface area contributed by atoms with Crippen LogP contribution in [-0.4, -0.2) is 56.2 Å². The summed E-state index contributed by atoms with van der Waals surface area (Å²) in [4.78, 5) is 19.6.